The number of hydrogen-bond donors (Lipinski definition) is 1. The number of fused-ring (bicyclic) bond motifs is 1. The Labute approximate surface area is 153 Å². The van der Waals surface area contributed by atoms with Crippen molar-refractivity contribution in [2.45, 2.75) is 31.8 Å². The van der Waals surface area contributed by atoms with Gasteiger partial charge in [-0.05, 0) is 43.4 Å². The van der Waals surface area contributed by atoms with Crippen LogP contribution in [0.1, 0.15) is 41.6 Å². The predicted molar refractivity (Wildman–Crippen MR) is 95.7 cm³/mol. The topological polar surface area (TPSA) is 72.5 Å². The van der Waals surface area contributed by atoms with Crippen LogP contribution in [-0.2, 0) is 11.3 Å². The van der Waals surface area contributed by atoms with E-state index < -0.39 is 0 Å². The van der Waals surface area contributed by atoms with E-state index in [1.54, 1.807) is 12.1 Å². The summed E-state index contributed by atoms with van der Waals surface area (Å²) < 4.78 is 12.7. The molecule has 7 nitrogen and oxygen atoms in total. The van der Waals surface area contributed by atoms with Gasteiger partial charge in [0.15, 0.2) is 5.76 Å². The van der Waals surface area contributed by atoms with Gasteiger partial charge in [0.2, 0.25) is 0 Å². The highest BCUT2D eigenvalue weighted by atomic mass is 16.5. The maximum absolute atomic E-state index is 12.0. The first kappa shape index (κ1) is 17.3. The minimum Gasteiger partial charge on any atom is -0.459 e. The standard InChI is InChI=1S/C19H26N4O3/c24-19(18-2-1-9-26-18)20-7-3-16-13-22(12-15-5-10-25-11-6-15)14-17-4-8-21-23(16)17/h1-2,4,8-9,15-16H,3,5-7,10-14H2,(H,20,24)/t16-/m0/s1. The molecule has 2 aliphatic heterocycles. The zero-order valence-corrected chi connectivity index (χ0v) is 15.0. The third-order valence-corrected chi connectivity index (χ3v) is 5.32. The Balaban J connectivity index is 1.33. The highest BCUT2D eigenvalue weighted by Gasteiger charge is 2.27. The summed E-state index contributed by atoms with van der Waals surface area (Å²) in [5.41, 5.74) is 1.26. The van der Waals surface area contributed by atoms with E-state index in [-0.39, 0.29) is 11.9 Å². The number of amides is 1. The SMILES string of the molecule is O=C(NCC[C@H]1CN(CC2CCOCC2)Cc2ccnn21)c1ccco1. The number of rotatable bonds is 6. The molecule has 1 fully saturated rings. The molecule has 26 heavy (non-hydrogen) atoms. The molecule has 1 amide bonds. The molecule has 4 rings (SSSR count). The van der Waals surface area contributed by atoms with Gasteiger partial charge in [-0.15, -0.1) is 0 Å². The van der Waals surface area contributed by atoms with Crippen LogP contribution in [0.5, 0.6) is 0 Å². The number of nitrogens with zero attached hydrogens (tertiary/aromatic N) is 3. The third kappa shape index (κ3) is 3.99. The molecular formula is C19H26N4O3. The van der Waals surface area contributed by atoms with Gasteiger partial charge in [0.1, 0.15) is 0 Å². The minimum atomic E-state index is -0.162. The number of aromatic nitrogens is 2. The van der Waals surface area contributed by atoms with Gasteiger partial charge in [0.05, 0.1) is 18.0 Å². The summed E-state index contributed by atoms with van der Waals surface area (Å²) in [5, 5.41) is 7.45. The molecule has 1 N–H and O–H groups in total. The molecule has 7 heteroatoms. The van der Waals surface area contributed by atoms with Gasteiger partial charge in [-0.25, -0.2) is 0 Å². The monoisotopic (exact) mass is 358 g/mol. The van der Waals surface area contributed by atoms with Crippen LogP contribution in [0.15, 0.2) is 35.1 Å². The minimum absolute atomic E-state index is 0.162. The van der Waals surface area contributed by atoms with Gasteiger partial charge in [-0.3, -0.25) is 14.4 Å². The van der Waals surface area contributed by atoms with Crippen molar-refractivity contribution >= 4 is 5.91 Å². The lowest BCUT2D eigenvalue weighted by Gasteiger charge is -2.36. The molecule has 0 aliphatic carbocycles. The average molecular weight is 358 g/mol. The van der Waals surface area contributed by atoms with E-state index in [2.05, 4.69) is 26.1 Å². The van der Waals surface area contributed by atoms with Crippen LogP contribution in [0.25, 0.3) is 0 Å². The van der Waals surface area contributed by atoms with Crippen LogP contribution in [0.4, 0.5) is 0 Å². The largest absolute Gasteiger partial charge is 0.459 e. The molecule has 0 saturated carbocycles. The highest BCUT2D eigenvalue weighted by molar-refractivity contribution is 5.91. The molecule has 0 aromatic carbocycles. The molecule has 0 radical (unpaired) electrons. The van der Waals surface area contributed by atoms with Crippen molar-refractivity contribution in [2.75, 3.05) is 32.8 Å². The second kappa shape index (κ2) is 8.05. The lowest BCUT2D eigenvalue weighted by atomic mass is 9.98. The van der Waals surface area contributed by atoms with Crippen molar-refractivity contribution in [3.63, 3.8) is 0 Å². The summed E-state index contributed by atoms with van der Waals surface area (Å²) in [6.07, 6.45) is 6.55. The Morgan fingerprint density at radius 1 is 1.31 bits per heavy atom. The van der Waals surface area contributed by atoms with Crippen LogP contribution in [-0.4, -0.2) is 53.4 Å². The summed E-state index contributed by atoms with van der Waals surface area (Å²) in [7, 11) is 0. The average Bonchev–Trinajstić information content (AvgIpc) is 3.34. The Bertz CT molecular complexity index is 706. The summed E-state index contributed by atoms with van der Waals surface area (Å²) >= 11 is 0. The number of hydrogen-bond acceptors (Lipinski definition) is 5. The van der Waals surface area contributed by atoms with E-state index in [0.717, 1.165) is 58.0 Å². The van der Waals surface area contributed by atoms with Gasteiger partial charge in [0, 0.05) is 45.6 Å². The Hall–Kier alpha value is -2.12. The van der Waals surface area contributed by atoms with Gasteiger partial charge >= 0.3 is 0 Å². The Morgan fingerprint density at radius 3 is 3.00 bits per heavy atom. The van der Waals surface area contributed by atoms with Crippen molar-refractivity contribution in [3.05, 3.63) is 42.1 Å². The smallest absolute Gasteiger partial charge is 0.286 e. The number of ether oxygens (including phenoxy) is 1. The molecule has 0 spiro atoms. The van der Waals surface area contributed by atoms with E-state index in [4.69, 9.17) is 9.15 Å². The van der Waals surface area contributed by atoms with Crippen molar-refractivity contribution in [3.8, 4) is 0 Å². The zero-order chi connectivity index (χ0) is 17.8. The maximum Gasteiger partial charge on any atom is 0.286 e. The van der Waals surface area contributed by atoms with Crippen LogP contribution >= 0.6 is 0 Å². The maximum atomic E-state index is 12.0. The van der Waals surface area contributed by atoms with Crippen molar-refractivity contribution < 1.29 is 13.9 Å². The first-order chi connectivity index (χ1) is 12.8. The van der Waals surface area contributed by atoms with Crippen molar-refractivity contribution in [1.82, 2.24) is 20.0 Å². The normalized spacial score (nSPS) is 21.5. The van der Waals surface area contributed by atoms with E-state index in [9.17, 15) is 4.79 Å². The predicted octanol–water partition coefficient (Wildman–Crippen LogP) is 2.08. The first-order valence-electron chi connectivity index (χ1n) is 9.44. The van der Waals surface area contributed by atoms with Crippen molar-refractivity contribution in [2.24, 2.45) is 5.92 Å². The Kier molecular flexibility index (Phi) is 5.36. The second-order valence-electron chi connectivity index (χ2n) is 7.19. The van der Waals surface area contributed by atoms with E-state index in [0.29, 0.717) is 12.3 Å². The van der Waals surface area contributed by atoms with Crippen LogP contribution < -0.4 is 5.32 Å². The lowest BCUT2D eigenvalue weighted by Crippen LogP contribution is -2.42. The van der Waals surface area contributed by atoms with E-state index in [1.807, 2.05) is 6.20 Å². The number of nitrogens with one attached hydrogen (secondary N) is 1. The third-order valence-electron chi connectivity index (χ3n) is 5.32. The summed E-state index contributed by atoms with van der Waals surface area (Å²) in [6, 6.07) is 5.78. The number of furan rings is 1. The lowest BCUT2D eigenvalue weighted by molar-refractivity contribution is 0.0443. The highest BCUT2D eigenvalue weighted by Crippen LogP contribution is 2.25. The fourth-order valence-electron chi connectivity index (χ4n) is 3.96. The summed E-state index contributed by atoms with van der Waals surface area (Å²) in [5.74, 6) is 0.914. The van der Waals surface area contributed by atoms with Gasteiger partial charge in [-0.2, -0.15) is 5.10 Å². The second-order valence-corrected chi connectivity index (χ2v) is 7.19. The molecular weight excluding hydrogens is 332 g/mol. The molecule has 4 heterocycles. The Morgan fingerprint density at radius 2 is 2.19 bits per heavy atom. The summed E-state index contributed by atoms with van der Waals surface area (Å²) in [4.78, 5) is 14.6. The fourth-order valence-corrected chi connectivity index (χ4v) is 3.96. The van der Waals surface area contributed by atoms with Gasteiger partial charge in [-0.1, -0.05) is 0 Å². The molecule has 0 bridgehead atoms. The molecule has 140 valence electrons. The first-order valence-corrected chi connectivity index (χ1v) is 9.44. The van der Waals surface area contributed by atoms with E-state index in [1.165, 1.54) is 12.0 Å². The fraction of sp³-hybridized carbons (Fsp3) is 0.579. The molecule has 2 aromatic rings. The molecule has 2 aromatic heterocycles. The van der Waals surface area contributed by atoms with Crippen LogP contribution in [0.3, 0.4) is 0 Å². The molecule has 1 saturated heterocycles. The molecule has 1 atom stereocenters. The van der Waals surface area contributed by atoms with Gasteiger partial charge in [0.25, 0.3) is 5.91 Å². The van der Waals surface area contributed by atoms with Crippen LogP contribution in [0.2, 0.25) is 0 Å². The number of carbonyl (C=O) groups is 1. The number of carbonyl (C=O) groups excluding carboxylic acids is 1. The molecule has 0 unspecified atom stereocenters. The summed E-state index contributed by atoms with van der Waals surface area (Å²) in [6.45, 7) is 5.42. The van der Waals surface area contributed by atoms with Gasteiger partial charge < -0.3 is 14.5 Å². The molecule has 2 aliphatic rings. The van der Waals surface area contributed by atoms with E-state index >= 15 is 0 Å². The van der Waals surface area contributed by atoms with Crippen molar-refractivity contribution in [1.29, 1.82) is 0 Å². The van der Waals surface area contributed by atoms with Crippen LogP contribution in [0, 0.1) is 5.92 Å². The quantitative estimate of drug-likeness (QED) is 0.856. The zero-order valence-electron chi connectivity index (χ0n) is 15.0.